The molecule has 9 heteroatoms. The van der Waals surface area contributed by atoms with Gasteiger partial charge in [0.05, 0.1) is 17.2 Å². The molecule has 0 atom stereocenters. The van der Waals surface area contributed by atoms with Crippen LogP contribution in [0.15, 0.2) is 32.8 Å². The smallest absolute Gasteiger partial charge is 0.263 e. The summed E-state index contributed by atoms with van der Waals surface area (Å²) in [6.07, 6.45) is 4.16. The predicted molar refractivity (Wildman–Crippen MR) is 132 cm³/mol. The quantitative estimate of drug-likeness (QED) is 0.346. The average Bonchev–Trinajstić information content (AvgIpc) is 3.52. The van der Waals surface area contributed by atoms with Crippen LogP contribution in [-0.4, -0.2) is 26.8 Å². The number of nitriles is 1. The molecule has 1 aliphatic carbocycles. The zero-order valence-corrected chi connectivity index (χ0v) is 20.7. The van der Waals surface area contributed by atoms with E-state index in [4.69, 9.17) is 4.98 Å². The van der Waals surface area contributed by atoms with Gasteiger partial charge in [-0.25, -0.2) is 4.98 Å². The molecule has 3 aromatic rings. The third kappa shape index (κ3) is 4.77. The fraction of sp³-hybridized carbons (Fsp3) is 0.478. The number of carbonyl (C=O) groups is 1. The summed E-state index contributed by atoms with van der Waals surface area (Å²) in [5.74, 6) is 0.385. The Morgan fingerprint density at radius 2 is 2.16 bits per heavy atom. The molecule has 0 aromatic carbocycles. The van der Waals surface area contributed by atoms with Crippen LogP contribution < -0.4 is 10.9 Å². The van der Waals surface area contributed by atoms with Crippen LogP contribution in [0.2, 0.25) is 0 Å². The van der Waals surface area contributed by atoms with Gasteiger partial charge in [-0.2, -0.15) is 5.26 Å². The topological polar surface area (TPSA) is 87.8 Å². The van der Waals surface area contributed by atoms with E-state index in [-0.39, 0.29) is 17.2 Å². The highest BCUT2D eigenvalue weighted by molar-refractivity contribution is 7.99. The maximum Gasteiger partial charge on any atom is 0.263 e. The summed E-state index contributed by atoms with van der Waals surface area (Å²) in [7, 11) is 0. The molecule has 1 saturated carbocycles. The second-order valence-electron chi connectivity index (χ2n) is 8.58. The van der Waals surface area contributed by atoms with E-state index >= 15 is 0 Å². The number of hydrogen-bond donors (Lipinski definition) is 1. The molecule has 1 fully saturated rings. The Labute approximate surface area is 199 Å². The Hall–Kier alpha value is -2.15. The number of amides is 1. The minimum atomic E-state index is -0.740. The first-order valence-corrected chi connectivity index (χ1v) is 13.6. The van der Waals surface area contributed by atoms with E-state index in [1.54, 1.807) is 15.9 Å². The van der Waals surface area contributed by atoms with Gasteiger partial charge in [0.1, 0.15) is 10.4 Å². The van der Waals surface area contributed by atoms with Gasteiger partial charge in [0, 0.05) is 22.4 Å². The van der Waals surface area contributed by atoms with Crippen molar-refractivity contribution in [2.24, 2.45) is 5.92 Å². The zero-order valence-electron chi connectivity index (χ0n) is 18.2. The van der Waals surface area contributed by atoms with Crippen LogP contribution in [0.4, 0.5) is 0 Å². The lowest BCUT2D eigenvalue weighted by molar-refractivity contribution is -0.119. The van der Waals surface area contributed by atoms with Crippen molar-refractivity contribution in [3.63, 3.8) is 0 Å². The minimum absolute atomic E-state index is 0.0486. The molecule has 0 unspecified atom stereocenters. The molecular formula is C23H26N4O2S3. The summed E-state index contributed by atoms with van der Waals surface area (Å²) in [5, 5.41) is 17.7. The largest absolute Gasteiger partial charge is 0.337 e. The number of carbonyl (C=O) groups excluding carboxylic acids is 1. The van der Waals surface area contributed by atoms with Gasteiger partial charge in [-0.15, -0.1) is 22.7 Å². The van der Waals surface area contributed by atoms with E-state index in [0.717, 1.165) is 29.7 Å². The van der Waals surface area contributed by atoms with Crippen LogP contribution in [0.3, 0.4) is 0 Å². The van der Waals surface area contributed by atoms with Gasteiger partial charge in [-0.1, -0.05) is 31.7 Å². The minimum Gasteiger partial charge on any atom is -0.337 e. The van der Waals surface area contributed by atoms with Crippen LogP contribution in [0.25, 0.3) is 20.7 Å². The van der Waals surface area contributed by atoms with Crippen molar-refractivity contribution in [1.82, 2.24) is 14.9 Å². The number of fused-ring (bicyclic) bond motifs is 1. The highest BCUT2D eigenvalue weighted by Crippen LogP contribution is 2.35. The van der Waals surface area contributed by atoms with Crippen LogP contribution in [-0.2, 0) is 11.3 Å². The summed E-state index contributed by atoms with van der Waals surface area (Å²) in [4.78, 5) is 32.7. The highest BCUT2D eigenvalue weighted by Gasteiger charge is 2.35. The molecule has 0 bridgehead atoms. The molecule has 1 amide bonds. The van der Waals surface area contributed by atoms with Crippen molar-refractivity contribution < 1.29 is 4.79 Å². The van der Waals surface area contributed by atoms with Crippen molar-refractivity contribution in [2.75, 3.05) is 5.75 Å². The predicted octanol–water partition coefficient (Wildman–Crippen LogP) is 5.28. The molecule has 1 aliphatic rings. The van der Waals surface area contributed by atoms with Gasteiger partial charge >= 0.3 is 0 Å². The second-order valence-corrected chi connectivity index (χ2v) is 11.3. The number of aromatic nitrogens is 2. The summed E-state index contributed by atoms with van der Waals surface area (Å²) < 4.78 is 1.72. The molecule has 3 heterocycles. The van der Waals surface area contributed by atoms with Crippen molar-refractivity contribution >= 4 is 50.6 Å². The number of nitrogens with one attached hydrogen (secondary N) is 1. The first-order chi connectivity index (χ1) is 15.4. The monoisotopic (exact) mass is 486 g/mol. The van der Waals surface area contributed by atoms with Crippen molar-refractivity contribution in [3.8, 4) is 16.5 Å². The van der Waals surface area contributed by atoms with E-state index in [2.05, 4.69) is 25.2 Å². The maximum atomic E-state index is 13.5. The molecule has 32 heavy (non-hydrogen) atoms. The Morgan fingerprint density at radius 3 is 2.81 bits per heavy atom. The molecule has 0 radical (unpaired) electrons. The van der Waals surface area contributed by atoms with Gasteiger partial charge in [0.15, 0.2) is 5.16 Å². The lowest BCUT2D eigenvalue weighted by Crippen LogP contribution is -2.45. The molecule has 0 saturated heterocycles. The van der Waals surface area contributed by atoms with Crippen molar-refractivity contribution in [2.45, 2.75) is 63.2 Å². The first-order valence-electron chi connectivity index (χ1n) is 10.8. The van der Waals surface area contributed by atoms with Crippen molar-refractivity contribution in [3.05, 3.63) is 33.2 Å². The Kier molecular flexibility index (Phi) is 7.03. The average molecular weight is 487 g/mol. The third-order valence-electron chi connectivity index (χ3n) is 5.76. The Morgan fingerprint density at radius 1 is 1.38 bits per heavy atom. The normalized spacial score (nSPS) is 15.3. The Balaban J connectivity index is 1.62. The fourth-order valence-corrected chi connectivity index (χ4v) is 6.62. The van der Waals surface area contributed by atoms with Crippen LogP contribution in [0.1, 0.15) is 46.0 Å². The number of rotatable bonds is 8. The molecular weight excluding hydrogens is 460 g/mol. The Bertz CT molecular complexity index is 1200. The molecule has 168 valence electrons. The molecule has 4 rings (SSSR count). The van der Waals surface area contributed by atoms with Gasteiger partial charge < -0.3 is 5.32 Å². The van der Waals surface area contributed by atoms with Crippen LogP contribution in [0, 0.1) is 17.2 Å². The maximum absolute atomic E-state index is 13.5. The fourth-order valence-electron chi connectivity index (χ4n) is 3.99. The van der Waals surface area contributed by atoms with Gasteiger partial charge in [0.2, 0.25) is 5.91 Å². The number of nitrogens with zero attached hydrogens (tertiary/aromatic N) is 3. The molecule has 6 nitrogen and oxygen atoms in total. The molecule has 1 N–H and O–H groups in total. The van der Waals surface area contributed by atoms with Crippen molar-refractivity contribution in [1.29, 1.82) is 5.26 Å². The molecule has 0 aliphatic heterocycles. The van der Waals surface area contributed by atoms with E-state index in [0.29, 0.717) is 40.7 Å². The molecule has 0 spiro atoms. The van der Waals surface area contributed by atoms with E-state index < -0.39 is 5.54 Å². The van der Waals surface area contributed by atoms with E-state index in [1.807, 2.05) is 22.9 Å². The summed E-state index contributed by atoms with van der Waals surface area (Å²) >= 11 is 4.35. The molecule has 3 aromatic heterocycles. The highest BCUT2D eigenvalue weighted by atomic mass is 32.2. The van der Waals surface area contributed by atoms with Gasteiger partial charge in [0.25, 0.3) is 5.56 Å². The van der Waals surface area contributed by atoms with E-state index in [1.165, 1.54) is 23.1 Å². The standard InChI is InChI=1S/C23H26N4O2S3/c1-15(2)7-10-27-21(29)19-16(17-6-5-11-30-17)12-31-20(19)25-22(27)32-13-18(28)26-23(14-24)8-3-4-9-23/h5-6,11-12,15H,3-4,7-10,13H2,1-2H3,(H,26,28). The van der Waals surface area contributed by atoms with E-state index in [9.17, 15) is 14.9 Å². The number of hydrogen-bond acceptors (Lipinski definition) is 7. The SMILES string of the molecule is CC(C)CCn1c(SCC(=O)NC2(C#N)CCCC2)nc2scc(-c3cccs3)c2c1=O. The van der Waals surface area contributed by atoms with Crippen LogP contribution in [0.5, 0.6) is 0 Å². The third-order valence-corrected chi connectivity index (χ3v) is 8.51. The summed E-state index contributed by atoms with van der Waals surface area (Å²) in [5.41, 5.74) is 0.144. The zero-order chi connectivity index (χ0) is 22.7. The summed E-state index contributed by atoms with van der Waals surface area (Å²) in [6, 6.07) is 6.29. The summed E-state index contributed by atoms with van der Waals surface area (Å²) in [6.45, 7) is 4.81. The lowest BCUT2D eigenvalue weighted by atomic mass is 10.0. The number of thiophene rings is 2. The van der Waals surface area contributed by atoms with Crippen LogP contribution >= 0.6 is 34.4 Å². The lowest BCUT2D eigenvalue weighted by Gasteiger charge is -2.22. The number of thioether (sulfide) groups is 1. The van der Waals surface area contributed by atoms with Gasteiger partial charge in [-0.05, 0) is 49.5 Å². The second kappa shape index (κ2) is 9.77. The first kappa shape index (κ1) is 23.0. The van der Waals surface area contributed by atoms with Gasteiger partial charge in [-0.3, -0.25) is 14.2 Å².